The largest absolute Gasteiger partial charge is 0.490 e. The number of Topliss-reactive ketones (excluding diaryl/α,β-unsaturated/α-hetero) is 1. The van der Waals surface area contributed by atoms with Gasteiger partial charge in [0.25, 0.3) is 0 Å². The van der Waals surface area contributed by atoms with Gasteiger partial charge >= 0.3 is 11.7 Å². The van der Waals surface area contributed by atoms with Crippen molar-refractivity contribution in [1.29, 1.82) is 10.5 Å². The monoisotopic (exact) mass is 439 g/mol. The topological polar surface area (TPSA) is 143 Å². The standard InChI is InChI=1S/C21H17N3O6S/c1-4-30-21(26)20-12(2)15(11-23)19(31-20)9-17(25)14(10-22)7-13-5-6-18(29-3)16(8-13)24(27)28/h5-8H,4,9H2,1-3H3/b14-7+. The highest BCUT2D eigenvalue weighted by Crippen LogP contribution is 2.31. The zero-order chi connectivity index (χ0) is 23.1. The molecule has 2 aromatic rings. The van der Waals surface area contributed by atoms with Gasteiger partial charge in [0, 0.05) is 17.4 Å². The number of nitriles is 2. The third kappa shape index (κ3) is 5.13. The molecule has 0 N–H and O–H groups in total. The number of hydrogen-bond donors (Lipinski definition) is 0. The van der Waals surface area contributed by atoms with Gasteiger partial charge in [0.05, 0.1) is 29.8 Å². The van der Waals surface area contributed by atoms with Gasteiger partial charge in [0.15, 0.2) is 11.5 Å². The van der Waals surface area contributed by atoms with E-state index in [1.807, 2.05) is 6.07 Å². The number of nitro benzene ring substituents is 1. The molecule has 0 aliphatic heterocycles. The van der Waals surface area contributed by atoms with Crippen LogP contribution >= 0.6 is 11.3 Å². The first kappa shape index (κ1) is 23.3. The number of allylic oxidation sites excluding steroid dienone is 1. The first-order valence-corrected chi connectivity index (χ1v) is 9.75. The fraction of sp³-hybridized carbons (Fsp3) is 0.238. The molecule has 1 heterocycles. The lowest BCUT2D eigenvalue weighted by Crippen LogP contribution is -2.05. The normalized spacial score (nSPS) is 10.7. The Kier molecular flexibility index (Phi) is 7.61. The molecule has 9 nitrogen and oxygen atoms in total. The number of thiophene rings is 1. The molecule has 10 heteroatoms. The van der Waals surface area contributed by atoms with Crippen LogP contribution in [-0.2, 0) is 16.0 Å². The van der Waals surface area contributed by atoms with Gasteiger partial charge in [-0.05, 0) is 37.1 Å². The Bertz CT molecular complexity index is 1170. The Balaban J connectivity index is 2.39. The summed E-state index contributed by atoms with van der Waals surface area (Å²) in [5, 5.41) is 30.0. The number of esters is 1. The van der Waals surface area contributed by atoms with Crippen LogP contribution in [0.2, 0.25) is 0 Å². The lowest BCUT2D eigenvalue weighted by Gasteiger charge is -2.03. The minimum Gasteiger partial charge on any atom is -0.490 e. The third-order valence-corrected chi connectivity index (χ3v) is 5.52. The third-order valence-electron chi connectivity index (χ3n) is 4.24. The molecule has 0 spiro atoms. The number of ketones is 1. The summed E-state index contributed by atoms with van der Waals surface area (Å²) in [6.07, 6.45) is 0.957. The Morgan fingerprint density at radius 1 is 1.32 bits per heavy atom. The van der Waals surface area contributed by atoms with Crippen molar-refractivity contribution in [3.8, 4) is 17.9 Å². The molecule has 0 saturated heterocycles. The number of rotatable bonds is 8. The van der Waals surface area contributed by atoms with Crippen LogP contribution in [0.3, 0.4) is 0 Å². The molecule has 158 valence electrons. The van der Waals surface area contributed by atoms with E-state index in [0.29, 0.717) is 10.4 Å². The molecular weight excluding hydrogens is 422 g/mol. The van der Waals surface area contributed by atoms with Crippen molar-refractivity contribution < 1.29 is 24.0 Å². The number of nitro groups is 1. The summed E-state index contributed by atoms with van der Waals surface area (Å²) in [7, 11) is 1.29. The molecule has 0 atom stereocenters. The van der Waals surface area contributed by atoms with Gasteiger partial charge in [-0.15, -0.1) is 11.3 Å². The van der Waals surface area contributed by atoms with E-state index in [2.05, 4.69) is 0 Å². The van der Waals surface area contributed by atoms with Crippen LogP contribution in [0.15, 0.2) is 23.8 Å². The van der Waals surface area contributed by atoms with Crippen LogP contribution in [0.4, 0.5) is 5.69 Å². The van der Waals surface area contributed by atoms with Crippen molar-refractivity contribution in [2.24, 2.45) is 0 Å². The molecule has 0 fully saturated rings. The second-order valence-corrected chi connectivity index (χ2v) is 7.25. The molecule has 1 aromatic heterocycles. The van der Waals surface area contributed by atoms with E-state index < -0.39 is 16.7 Å². The molecule has 0 aliphatic rings. The summed E-state index contributed by atoms with van der Waals surface area (Å²) in [6.45, 7) is 3.42. The van der Waals surface area contributed by atoms with Gasteiger partial charge < -0.3 is 9.47 Å². The lowest BCUT2D eigenvalue weighted by molar-refractivity contribution is -0.385. The molecule has 2 rings (SSSR count). The summed E-state index contributed by atoms with van der Waals surface area (Å²) in [5.41, 5.74) is 0.334. The smallest absolute Gasteiger partial charge is 0.348 e. The molecule has 0 unspecified atom stereocenters. The highest BCUT2D eigenvalue weighted by molar-refractivity contribution is 7.14. The number of hydrogen-bond acceptors (Lipinski definition) is 9. The predicted octanol–water partition coefficient (Wildman–Crippen LogP) is 3.74. The molecule has 31 heavy (non-hydrogen) atoms. The Morgan fingerprint density at radius 2 is 2.03 bits per heavy atom. The van der Waals surface area contributed by atoms with E-state index in [-0.39, 0.29) is 46.0 Å². The van der Waals surface area contributed by atoms with Gasteiger partial charge in [-0.1, -0.05) is 6.07 Å². The van der Waals surface area contributed by atoms with Crippen LogP contribution in [0.1, 0.15) is 38.2 Å². The second-order valence-electron chi connectivity index (χ2n) is 6.14. The summed E-state index contributed by atoms with van der Waals surface area (Å²) < 4.78 is 9.91. The van der Waals surface area contributed by atoms with Gasteiger partial charge in [-0.25, -0.2) is 4.79 Å². The van der Waals surface area contributed by atoms with Crippen LogP contribution in [0.25, 0.3) is 6.08 Å². The van der Waals surface area contributed by atoms with Gasteiger partial charge in [0.2, 0.25) is 0 Å². The van der Waals surface area contributed by atoms with Crippen molar-refractivity contribution in [1.82, 2.24) is 0 Å². The maximum absolute atomic E-state index is 12.7. The first-order chi connectivity index (χ1) is 14.8. The lowest BCUT2D eigenvalue weighted by atomic mass is 10.0. The number of carbonyl (C=O) groups excluding carboxylic acids is 2. The fourth-order valence-corrected chi connectivity index (χ4v) is 3.91. The van der Waals surface area contributed by atoms with Crippen LogP contribution in [-0.4, -0.2) is 30.4 Å². The highest BCUT2D eigenvalue weighted by Gasteiger charge is 2.23. The van der Waals surface area contributed by atoms with Crippen molar-refractivity contribution in [2.75, 3.05) is 13.7 Å². The second kappa shape index (κ2) is 10.1. The molecule has 0 radical (unpaired) electrons. The van der Waals surface area contributed by atoms with Crippen LogP contribution < -0.4 is 4.74 Å². The predicted molar refractivity (Wildman–Crippen MR) is 112 cm³/mol. The number of nitrogens with zero attached hydrogens (tertiary/aromatic N) is 3. The minimum atomic E-state index is -0.630. The van der Waals surface area contributed by atoms with Crippen LogP contribution in [0, 0.1) is 39.7 Å². The number of ether oxygens (including phenoxy) is 2. The quantitative estimate of drug-likeness (QED) is 0.199. The summed E-state index contributed by atoms with van der Waals surface area (Å²) in [6, 6.07) is 7.81. The molecule has 1 aromatic carbocycles. The van der Waals surface area contributed by atoms with E-state index in [0.717, 1.165) is 11.3 Å². The molecule has 0 bridgehead atoms. The van der Waals surface area contributed by atoms with E-state index in [1.165, 1.54) is 31.4 Å². The maximum Gasteiger partial charge on any atom is 0.348 e. The Hall–Kier alpha value is -4.02. The van der Waals surface area contributed by atoms with E-state index in [1.54, 1.807) is 19.9 Å². The summed E-state index contributed by atoms with van der Waals surface area (Å²) >= 11 is 0.972. The molecule has 0 aliphatic carbocycles. The van der Waals surface area contributed by atoms with E-state index in [9.17, 15) is 30.2 Å². The minimum absolute atomic E-state index is 0.0474. The summed E-state index contributed by atoms with van der Waals surface area (Å²) in [4.78, 5) is 35.9. The molecular formula is C21H17N3O6S. The van der Waals surface area contributed by atoms with Crippen molar-refractivity contribution in [2.45, 2.75) is 20.3 Å². The molecule has 0 saturated carbocycles. The fourth-order valence-electron chi connectivity index (χ4n) is 2.76. The zero-order valence-corrected chi connectivity index (χ0v) is 17.7. The van der Waals surface area contributed by atoms with Crippen molar-refractivity contribution >= 4 is 34.9 Å². The SMILES string of the molecule is CCOC(=O)c1sc(CC(=O)/C(C#N)=C/c2ccc(OC)c([N+](=O)[O-])c2)c(C#N)c1C. The van der Waals surface area contributed by atoms with Gasteiger partial charge in [-0.3, -0.25) is 14.9 Å². The van der Waals surface area contributed by atoms with Crippen molar-refractivity contribution in [3.63, 3.8) is 0 Å². The maximum atomic E-state index is 12.7. The number of benzene rings is 1. The van der Waals surface area contributed by atoms with Crippen LogP contribution in [0.5, 0.6) is 5.75 Å². The highest BCUT2D eigenvalue weighted by atomic mass is 32.1. The zero-order valence-electron chi connectivity index (χ0n) is 16.9. The Morgan fingerprint density at radius 3 is 2.58 bits per heavy atom. The van der Waals surface area contributed by atoms with Gasteiger partial charge in [0.1, 0.15) is 17.0 Å². The van der Waals surface area contributed by atoms with Gasteiger partial charge in [-0.2, -0.15) is 10.5 Å². The average Bonchev–Trinajstić information content (AvgIpc) is 3.06. The van der Waals surface area contributed by atoms with E-state index in [4.69, 9.17) is 9.47 Å². The van der Waals surface area contributed by atoms with Crippen molar-refractivity contribution in [3.05, 3.63) is 60.3 Å². The number of methoxy groups -OCH3 is 1. The molecule has 0 amide bonds. The summed E-state index contributed by atoms with van der Waals surface area (Å²) in [5.74, 6) is -1.12. The Labute approximate surface area is 181 Å². The van der Waals surface area contributed by atoms with E-state index >= 15 is 0 Å². The average molecular weight is 439 g/mol. The first-order valence-electron chi connectivity index (χ1n) is 8.94. The number of carbonyl (C=O) groups is 2.